The summed E-state index contributed by atoms with van der Waals surface area (Å²) in [4.78, 5) is 26.5. The topological polar surface area (TPSA) is 66.8 Å². The van der Waals surface area contributed by atoms with Crippen molar-refractivity contribution in [3.05, 3.63) is 77.4 Å². The number of ether oxygens (including phenoxy) is 1. The average molecular weight is 347 g/mol. The van der Waals surface area contributed by atoms with Crippen molar-refractivity contribution in [2.24, 2.45) is 0 Å². The first kappa shape index (κ1) is 16.1. The number of hydrogen-bond donors (Lipinski definition) is 1. The third-order valence-electron chi connectivity index (χ3n) is 4.76. The van der Waals surface area contributed by atoms with E-state index in [-0.39, 0.29) is 12.5 Å². The van der Waals surface area contributed by atoms with Gasteiger partial charge in [0.25, 0.3) is 5.91 Å². The molecule has 26 heavy (non-hydrogen) atoms. The minimum Gasteiger partial charge on any atom is -0.495 e. The number of hydrogen-bond acceptors (Lipinski definition) is 3. The van der Waals surface area contributed by atoms with E-state index in [4.69, 9.17) is 4.74 Å². The molecule has 0 radical (unpaired) electrons. The third kappa shape index (κ3) is 2.40. The van der Waals surface area contributed by atoms with E-state index in [1.54, 1.807) is 24.3 Å². The zero-order valence-corrected chi connectivity index (χ0v) is 14.2. The third-order valence-corrected chi connectivity index (χ3v) is 4.76. The van der Waals surface area contributed by atoms with E-state index in [9.17, 15) is 14.7 Å². The van der Waals surface area contributed by atoms with Crippen LogP contribution in [0.3, 0.4) is 0 Å². The first-order chi connectivity index (χ1) is 12.6. The predicted molar refractivity (Wildman–Crippen MR) is 97.2 cm³/mol. The van der Waals surface area contributed by atoms with Crippen LogP contribution in [0.1, 0.15) is 27.5 Å². The maximum atomic E-state index is 13.1. The number of carbonyl (C=O) groups excluding carboxylic acids is 1. The molecule has 0 fully saturated rings. The largest absolute Gasteiger partial charge is 0.495 e. The summed E-state index contributed by atoms with van der Waals surface area (Å²) in [6.07, 6.45) is 0. The average Bonchev–Trinajstić information content (AvgIpc) is 2.96. The molecule has 0 bridgehead atoms. The number of aliphatic carboxylic acids is 1. The number of nitrogens with zero attached hydrogens (tertiary/aromatic N) is 1. The number of carbonyl (C=O) groups is 2. The van der Waals surface area contributed by atoms with E-state index in [0.717, 1.165) is 16.3 Å². The monoisotopic (exact) mass is 347 g/mol. The number of amides is 1. The highest BCUT2D eigenvalue weighted by molar-refractivity contribution is 6.08. The normalized spacial score (nSPS) is 14.3. The molecule has 4 rings (SSSR count). The Hall–Kier alpha value is -3.34. The molecule has 0 saturated heterocycles. The molecule has 0 spiro atoms. The van der Waals surface area contributed by atoms with Gasteiger partial charge in [0.05, 0.1) is 12.7 Å². The Balaban J connectivity index is 1.85. The lowest BCUT2D eigenvalue weighted by molar-refractivity contribution is -0.142. The first-order valence-corrected chi connectivity index (χ1v) is 8.29. The second kappa shape index (κ2) is 6.19. The fraction of sp³-hybridized carbons (Fsp3) is 0.143. The van der Waals surface area contributed by atoms with Crippen molar-refractivity contribution < 1.29 is 19.4 Å². The Morgan fingerprint density at radius 1 is 1.12 bits per heavy atom. The van der Waals surface area contributed by atoms with E-state index < -0.39 is 12.0 Å². The van der Waals surface area contributed by atoms with Gasteiger partial charge in [0.2, 0.25) is 0 Å². The lowest BCUT2D eigenvalue weighted by atomic mass is 10.0. The van der Waals surface area contributed by atoms with Crippen LogP contribution >= 0.6 is 0 Å². The molecule has 1 aliphatic heterocycles. The Morgan fingerprint density at radius 2 is 1.81 bits per heavy atom. The Bertz CT molecular complexity index is 1010. The van der Waals surface area contributed by atoms with E-state index in [0.29, 0.717) is 16.9 Å². The fourth-order valence-electron chi connectivity index (χ4n) is 3.64. The van der Waals surface area contributed by atoms with Gasteiger partial charge in [-0.15, -0.1) is 0 Å². The number of benzene rings is 3. The molecule has 1 unspecified atom stereocenters. The van der Waals surface area contributed by atoms with Crippen LogP contribution in [0.25, 0.3) is 10.8 Å². The number of rotatable bonds is 4. The summed E-state index contributed by atoms with van der Waals surface area (Å²) in [6.45, 7) is 0.237. The van der Waals surface area contributed by atoms with Crippen molar-refractivity contribution in [3.8, 4) is 5.75 Å². The second-order valence-corrected chi connectivity index (χ2v) is 6.25. The van der Waals surface area contributed by atoms with Gasteiger partial charge in [0, 0.05) is 11.9 Å². The van der Waals surface area contributed by atoms with Crippen molar-refractivity contribution in [1.82, 2.24) is 4.90 Å². The fourth-order valence-corrected chi connectivity index (χ4v) is 3.64. The van der Waals surface area contributed by atoms with Crippen molar-refractivity contribution in [3.63, 3.8) is 0 Å². The molecule has 0 aromatic heterocycles. The number of carboxylic acids is 1. The summed E-state index contributed by atoms with van der Waals surface area (Å²) in [7, 11) is 1.53. The van der Waals surface area contributed by atoms with Gasteiger partial charge in [-0.05, 0) is 22.6 Å². The summed E-state index contributed by atoms with van der Waals surface area (Å²) in [5.41, 5.74) is 1.81. The van der Waals surface area contributed by atoms with Gasteiger partial charge in [0.15, 0.2) is 6.04 Å². The number of methoxy groups -OCH3 is 1. The summed E-state index contributed by atoms with van der Waals surface area (Å²) in [5, 5.41) is 11.6. The van der Waals surface area contributed by atoms with Crippen LogP contribution in [0.5, 0.6) is 5.75 Å². The van der Waals surface area contributed by atoms with Gasteiger partial charge in [0.1, 0.15) is 5.75 Å². The standard InChI is InChI=1S/C21H17NO4/c1-26-19-16-10-6-5-9-14(16)11-15-12-22(20(23)17(15)19)18(21(24)25)13-7-3-2-4-8-13/h2-11,18H,12H2,1H3,(H,24,25). The van der Waals surface area contributed by atoms with Gasteiger partial charge < -0.3 is 14.7 Å². The smallest absolute Gasteiger partial charge is 0.331 e. The molecular weight excluding hydrogens is 330 g/mol. The van der Waals surface area contributed by atoms with E-state index in [1.165, 1.54) is 12.0 Å². The highest BCUT2D eigenvalue weighted by Gasteiger charge is 2.39. The maximum absolute atomic E-state index is 13.1. The van der Waals surface area contributed by atoms with Crippen LogP contribution < -0.4 is 4.74 Å². The lowest BCUT2D eigenvalue weighted by Gasteiger charge is -2.24. The molecule has 130 valence electrons. The van der Waals surface area contributed by atoms with Crippen LogP contribution in [0.15, 0.2) is 60.7 Å². The Labute approximate surface area is 150 Å². The van der Waals surface area contributed by atoms with Gasteiger partial charge in [-0.25, -0.2) is 4.79 Å². The van der Waals surface area contributed by atoms with Crippen LogP contribution in [0, 0.1) is 0 Å². The molecule has 0 aliphatic carbocycles. The van der Waals surface area contributed by atoms with Crippen molar-refractivity contribution in [1.29, 1.82) is 0 Å². The van der Waals surface area contributed by atoms with Gasteiger partial charge >= 0.3 is 5.97 Å². The quantitative estimate of drug-likeness (QED) is 0.783. The predicted octanol–water partition coefficient (Wildman–Crippen LogP) is 3.63. The lowest BCUT2D eigenvalue weighted by Crippen LogP contribution is -2.34. The molecule has 1 aliphatic rings. The summed E-state index contributed by atoms with van der Waals surface area (Å²) in [6, 6.07) is 17.4. The van der Waals surface area contributed by atoms with Gasteiger partial charge in [-0.2, -0.15) is 0 Å². The minimum absolute atomic E-state index is 0.237. The van der Waals surface area contributed by atoms with E-state index in [1.807, 2.05) is 36.4 Å². The maximum Gasteiger partial charge on any atom is 0.331 e. The summed E-state index contributed by atoms with van der Waals surface area (Å²) < 4.78 is 5.54. The second-order valence-electron chi connectivity index (χ2n) is 6.25. The molecular formula is C21H17NO4. The molecule has 3 aromatic carbocycles. The number of carboxylic acid groups (broad SMARTS) is 1. The Kier molecular flexibility index (Phi) is 3.84. The summed E-state index contributed by atoms with van der Waals surface area (Å²) in [5.74, 6) is -0.873. The van der Waals surface area contributed by atoms with Crippen LogP contribution in [0.4, 0.5) is 0 Å². The zero-order chi connectivity index (χ0) is 18.3. The van der Waals surface area contributed by atoms with E-state index >= 15 is 0 Å². The molecule has 1 atom stereocenters. The van der Waals surface area contributed by atoms with Gasteiger partial charge in [-0.1, -0.05) is 54.6 Å². The van der Waals surface area contributed by atoms with Crippen LogP contribution in [-0.4, -0.2) is 29.0 Å². The summed E-state index contributed by atoms with van der Waals surface area (Å²) >= 11 is 0. The van der Waals surface area contributed by atoms with Crippen LogP contribution in [0.2, 0.25) is 0 Å². The minimum atomic E-state index is -1.05. The molecule has 5 nitrogen and oxygen atoms in total. The number of fused-ring (bicyclic) bond motifs is 2. The molecule has 5 heteroatoms. The Morgan fingerprint density at radius 3 is 2.50 bits per heavy atom. The highest BCUT2D eigenvalue weighted by Crippen LogP contribution is 2.40. The zero-order valence-electron chi connectivity index (χ0n) is 14.2. The molecule has 1 N–H and O–H groups in total. The van der Waals surface area contributed by atoms with Crippen LogP contribution in [-0.2, 0) is 11.3 Å². The molecule has 3 aromatic rings. The van der Waals surface area contributed by atoms with E-state index in [2.05, 4.69) is 0 Å². The first-order valence-electron chi connectivity index (χ1n) is 8.29. The van der Waals surface area contributed by atoms with Crippen molar-refractivity contribution >= 4 is 22.6 Å². The van der Waals surface area contributed by atoms with Crippen molar-refractivity contribution in [2.45, 2.75) is 12.6 Å². The van der Waals surface area contributed by atoms with Gasteiger partial charge in [-0.3, -0.25) is 4.79 Å². The molecule has 1 amide bonds. The highest BCUT2D eigenvalue weighted by atomic mass is 16.5. The molecule has 0 saturated carbocycles. The van der Waals surface area contributed by atoms with Crippen molar-refractivity contribution in [2.75, 3.05) is 7.11 Å². The SMILES string of the molecule is COc1c2c(cc3ccccc13)CN(C(C(=O)O)c1ccccc1)C2=O. The molecule has 1 heterocycles.